The van der Waals surface area contributed by atoms with Gasteiger partial charge in [-0.15, -0.1) is 0 Å². The lowest BCUT2D eigenvalue weighted by Gasteiger charge is -2.06. The first kappa shape index (κ1) is 12.0. The van der Waals surface area contributed by atoms with Crippen LogP contribution in [0.4, 0.5) is 4.39 Å². The van der Waals surface area contributed by atoms with E-state index < -0.39 is 5.82 Å². The van der Waals surface area contributed by atoms with Crippen LogP contribution in [0.5, 0.6) is 0 Å². The zero-order valence-corrected chi connectivity index (χ0v) is 11.2. The van der Waals surface area contributed by atoms with Gasteiger partial charge in [0.05, 0.1) is 16.5 Å². The van der Waals surface area contributed by atoms with E-state index in [4.69, 9.17) is 0 Å². The highest BCUT2D eigenvalue weighted by molar-refractivity contribution is 9.10. The minimum Gasteiger partial charge on any atom is -0.306 e. The third-order valence-electron chi connectivity index (χ3n) is 2.81. The molecule has 0 aliphatic heterocycles. The topological polar surface area (TPSA) is 45.8 Å². The predicted octanol–water partition coefficient (Wildman–Crippen LogP) is 3.49. The van der Waals surface area contributed by atoms with E-state index in [2.05, 4.69) is 25.9 Å². The van der Waals surface area contributed by atoms with Crippen LogP contribution in [-0.2, 0) is 0 Å². The molecule has 0 amide bonds. The van der Waals surface area contributed by atoms with Crippen LogP contribution < -0.4 is 5.56 Å². The lowest BCUT2D eigenvalue weighted by atomic mass is 10.2. The van der Waals surface area contributed by atoms with E-state index in [0.717, 1.165) is 0 Å². The molecule has 94 valence electrons. The van der Waals surface area contributed by atoms with Crippen LogP contribution in [0.3, 0.4) is 0 Å². The van der Waals surface area contributed by atoms with Crippen molar-refractivity contribution < 1.29 is 4.39 Å². The van der Waals surface area contributed by atoms with Gasteiger partial charge >= 0.3 is 0 Å². The molecule has 0 aliphatic carbocycles. The first-order valence-corrected chi connectivity index (χ1v) is 6.39. The van der Waals surface area contributed by atoms with E-state index in [-0.39, 0.29) is 16.9 Å². The van der Waals surface area contributed by atoms with Crippen molar-refractivity contribution in [3.05, 3.63) is 63.1 Å². The van der Waals surface area contributed by atoms with Crippen LogP contribution in [0.2, 0.25) is 0 Å². The van der Waals surface area contributed by atoms with Crippen molar-refractivity contribution in [3.63, 3.8) is 0 Å². The molecule has 5 heteroatoms. The molecule has 19 heavy (non-hydrogen) atoms. The van der Waals surface area contributed by atoms with Gasteiger partial charge < -0.3 is 4.98 Å². The van der Waals surface area contributed by atoms with E-state index >= 15 is 0 Å². The fourth-order valence-electron chi connectivity index (χ4n) is 1.93. The van der Waals surface area contributed by atoms with Gasteiger partial charge in [-0.25, -0.2) is 9.37 Å². The van der Waals surface area contributed by atoms with Crippen LogP contribution in [0, 0.1) is 5.82 Å². The smallest absolute Gasteiger partial charge is 0.259 e. The molecular weight excluding hydrogens is 311 g/mol. The van der Waals surface area contributed by atoms with Crippen molar-refractivity contribution in [2.75, 3.05) is 0 Å². The first-order chi connectivity index (χ1) is 9.16. The van der Waals surface area contributed by atoms with Gasteiger partial charge in [0, 0.05) is 4.47 Å². The minimum atomic E-state index is -0.437. The third kappa shape index (κ3) is 2.06. The quantitative estimate of drug-likeness (QED) is 0.746. The van der Waals surface area contributed by atoms with Crippen LogP contribution >= 0.6 is 15.9 Å². The monoisotopic (exact) mass is 318 g/mol. The molecule has 0 spiro atoms. The fourth-order valence-corrected chi connectivity index (χ4v) is 2.46. The number of halogens is 2. The molecule has 3 nitrogen and oxygen atoms in total. The molecule has 0 saturated carbocycles. The molecule has 0 atom stereocenters. The second-order valence-corrected chi connectivity index (χ2v) is 4.88. The van der Waals surface area contributed by atoms with E-state index in [9.17, 15) is 9.18 Å². The van der Waals surface area contributed by atoms with Crippen LogP contribution in [0.1, 0.15) is 0 Å². The summed E-state index contributed by atoms with van der Waals surface area (Å²) in [5, 5.41) is 0.485. The van der Waals surface area contributed by atoms with Crippen molar-refractivity contribution in [3.8, 4) is 11.4 Å². The van der Waals surface area contributed by atoms with Gasteiger partial charge in [0.15, 0.2) is 0 Å². The zero-order chi connectivity index (χ0) is 13.4. The van der Waals surface area contributed by atoms with Crippen molar-refractivity contribution in [2.45, 2.75) is 0 Å². The molecule has 3 aromatic rings. The molecule has 0 unspecified atom stereocenters. The Labute approximate surface area is 116 Å². The normalized spacial score (nSPS) is 10.8. The summed E-state index contributed by atoms with van der Waals surface area (Å²) in [5.74, 6) is -0.221. The molecule has 3 rings (SSSR count). The second kappa shape index (κ2) is 4.59. The summed E-state index contributed by atoms with van der Waals surface area (Å²) in [7, 11) is 0. The molecule has 1 heterocycles. The number of para-hydroxylation sites is 1. The van der Waals surface area contributed by atoms with Gasteiger partial charge in [-0.05, 0) is 40.2 Å². The fraction of sp³-hybridized carbons (Fsp3) is 0. The van der Waals surface area contributed by atoms with E-state index in [1.165, 1.54) is 6.07 Å². The molecule has 0 aliphatic rings. The first-order valence-electron chi connectivity index (χ1n) is 5.60. The van der Waals surface area contributed by atoms with Crippen molar-refractivity contribution >= 4 is 26.8 Å². The third-order valence-corrected chi connectivity index (χ3v) is 3.47. The van der Waals surface area contributed by atoms with Crippen molar-refractivity contribution in [1.82, 2.24) is 9.97 Å². The number of hydrogen-bond donors (Lipinski definition) is 1. The summed E-state index contributed by atoms with van der Waals surface area (Å²) < 4.78 is 14.4. The Morgan fingerprint density at radius 2 is 1.89 bits per heavy atom. The number of hydrogen-bond acceptors (Lipinski definition) is 2. The molecule has 0 bridgehead atoms. The lowest BCUT2D eigenvalue weighted by Crippen LogP contribution is -2.10. The number of rotatable bonds is 1. The maximum Gasteiger partial charge on any atom is 0.259 e. The van der Waals surface area contributed by atoms with Crippen molar-refractivity contribution in [1.29, 1.82) is 0 Å². The van der Waals surface area contributed by atoms with Crippen LogP contribution in [0.15, 0.2) is 51.7 Å². The number of nitrogens with zero attached hydrogens (tertiary/aromatic N) is 1. The number of nitrogens with one attached hydrogen (secondary N) is 1. The maximum atomic E-state index is 13.9. The second-order valence-electron chi connectivity index (χ2n) is 4.03. The molecule has 0 radical (unpaired) electrons. The summed E-state index contributed by atoms with van der Waals surface area (Å²) in [6.07, 6.45) is 0. The highest BCUT2D eigenvalue weighted by Gasteiger charge is 2.13. The van der Waals surface area contributed by atoms with Gasteiger partial charge in [0.2, 0.25) is 0 Å². The Kier molecular flexibility index (Phi) is 2.91. The van der Waals surface area contributed by atoms with Crippen molar-refractivity contribution in [2.24, 2.45) is 0 Å². The predicted molar refractivity (Wildman–Crippen MR) is 75.5 cm³/mol. The maximum absolute atomic E-state index is 13.9. The summed E-state index contributed by atoms with van der Waals surface area (Å²) in [5.41, 5.74) is 0.512. The van der Waals surface area contributed by atoms with E-state index in [0.29, 0.717) is 15.4 Å². The number of benzene rings is 2. The number of H-pyrrole nitrogens is 1. The van der Waals surface area contributed by atoms with Gasteiger partial charge in [-0.2, -0.15) is 0 Å². The zero-order valence-electron chi connectivity index (χ0n) is 9.65. The van der Waals surface area contributed by atoms with Crippen LogP contribution in [0.25, 0.3) is 22.3 Å². The van der Waals surface area contributed by atoms with E-state index in [1.54, 1.807) is 36.4 Å². The summed E-state index contributed by atoms with van der Waals surface area (Å²) in [6, 6.07) is 11.6. The van der Waals surface area contributed by atoms with E-state index in [1.807, 2.05) is 0 Å². The molecular formula is C14H8BrFN2O. The minimum absolute atomic E-state index is 0.216. The summed E-state index contributed by atoms with van der Waals surface area (Å²) >= 11 is 3.27. The Balaban J connectivity index is 2.35. The summed E-state index contributed by atoms with van der Waals surface area (Å²) in [4.78, 5) is 18.9. The SMILES string of the molecule is O=c1[nH]c(-c2c(F)cccc2Br)nc2ccccc12. The molecule has 1 aromatic heterocycles. The molecule has 1 N–H and O–H groups in total. The van der Waals surface area contributed by atoms with Gasteiger partial charge in [-0.1, -0.05) is 18.2 Å². The van der Waals surface area contributed by atoms with Gasteiger partial charge in [0.1, 0.15) is 11.6 Å². The highest BCUT2D eigenvalue weighted by atomic mass is 79.9. The molecule has 2 aromatic carbocycles. The molecule has 0 saturated heterocycles. The lowest BCUT2D eigenvalue weighted by molar-refractivity contribution is 0.629. The average molecular weight is 319 g/mol. The standard InChI is InChI=1S/C14H8BrFN2O/c15-9-5-3-6-10(16)12(9)13-17-11-7-2-1-4-8(11)14(19)18-13/h1-7H,(H,17,18,19). The Morgan fingerprint density at radius 3 is 2.68 bits per heavy atom. The van der Waals surface area contributed by atoms with Gasteiger partial charge in [-0.3, -0.25) is 4.79 Å². The Hall–Kier alpha value is -2.01. The molecule has 0 fully saturated rings. The van der Waals surface area contributed by atoms with Gasteiger partial charge in [0.25, 0.3) is 5.56 Å². The number of aromatic amines is 1. The highest BCUT2D eigenvalue weighted by Crippen LogP contribution is 2.28. The summed E-state index contributed by atoms with van der Waals surface area (Å²) in [6.45, 7) is 0. The number of aromatic nitrogens is 2. The Morgan fingerprint density at radius 1 is 1.11 bits per heavy atom. The largest absolute Gasteiger partial charge is 0.306 e. The van der Waals surface area contributed by atoms with Crippen LogP contribution in [-0.4, -0.2) is 9.97 Å². The average Bonchev–Trinajstić information content (AvgIpc) is 2.38. The Bertz CT molecular complexity index is 809. The number of fused-ring (bicyclic) bond motifs is 1.